The third-order valence-electron chi connectivity index (χ3n) is 3.97. The largest absolute Gasteiger partial charge is 0.507 e. The van der Waals surface area contributed by atoms with Crippen LogP contribution in [0.5, 0.6) is 17.2 Å². The van der Waals surface area contributed by atoms with E-state index in [1.807, 2.05) is 26.0 Å². The molecular formula is C22H18O5. The number of hydrogen-bond acceptors (Lipinski definition) is 5. The second kappa shape index (κ2) is 7.74. The third kappa shape index (κ3) is 4.15. The van der Waals surface area contributed by atoms with Crippen LogP contribution in [0.4, 0.5) is 0 Å². The Kier molecular flexibility index (Phi) is 5.22. The number of para-hydroxylation sites is 2. The van der Waals surface area contributed by atoms with Crippen molar-refractivity contribution in [2.24, 2.45) is 0 Å². The zero-order chi connectivity index (χ0) is 19.4. The highest BCUT2D eigenvalue weighted by Crippen LogP contribution is 2.25. The summed E-state index contributed by atoms with van der Waals surface area (Å²) in [6.07, 6.45) is 0. The average molecular weight is 362 g/mol. The number of carbonyl (C=O) groups excluding carboxylic acids is 2. The average Bonchev–Trinajstić information content (AvgIpc) is 2.64. The SMILES string of the molecule is Cc1ccc(OC(=O)c2ccccc2OC(=O)c2ccccc2O)c(C)c1. The molecule has 5 nitrogen and oxygen atoms in total. The summed E-state index contributed by atoms with van der Waals surface area (Å²) in [6.45, 7) is 3.80. The summed E-state index contributed by atoms with van der Waals surface area (Å²) in [6, 6.07) is 17.8. The van der Waals surface area contributed by atoms with Gasteiger partial charge < -0.3 is 14.6 Å². The molecule has 0 fully saturated rings. The number of aromatic hydroxyl groups is 1. The number of phenolic OH excluding ortho intramolecular Hbond substituents is 1. The van der Waals surface area contributed by atoms with Crippen LogP contribution in [0.25, 0.3) is 0 Å². The van der Waals surface area contributed by atoms with E-state index in [1.165, 1.54) is 24.3 Å². The minimum absolute atomic E-state index is 0.00931. The lowest BCUT2D eigenvalue weighted by molar-refractivity contribution is 0.0705. The fraction of sp³-hybridized carbons (Fsp3) is 0.0909. The summed E-state index contributed by atoms with van der Waals surface area (Å²) in [7, 11) is 0. The lowest BCUT2D eigenvalue weighted by Gasteiger charge is -2.12. The maximum Gasteiger partial charge on any atom is 0.347 e. The van der Waals surface area contributed by atoms with Crippen molar-refractivity contribution >= 4 is 11.9 Å². The van der Waals surface area contributed by atoms with Gasteiger partial charge in [0.05, 0.1) is 0 Å². The van der Waals surface area contributed by atoms with Gasteiger partial charge in [-0.3, -0.25) is 0 Å². The highest BCUT2D eigenvalue weighted by Gasteiger charge is 2.20. The van der Waals surface area contributed by atoms with Gasteiger partial charge in [0, 0.05) is 0 Å². The van der Waals surface area contributed by atoms with Gasteiger partial charge in [0.2, 0.25) is 0 Å². The molecule has 5 heteroatoms. The quantitative estimate of drug-likeness (QED) is 0.548. The van der Waals surface area contributed by atoms with Gasteiger partial charge in [-0.25, -0.2) is 9.59 Å². The molecule has 0 amide bonds. The Hall–Kier alpha value is -3.60. The van der Waals surface area contributed by atoms with Crippen LogP contribution >= 0.6 is 0 Å². The molecule has 0 unspecified atom stereocenters. The molecule has 0 aromatic heterocycles. The predicted molar refractivity (Wildman–Crippen MR) is 100 cm³/mol. The summed E-state index contributed by atoms with van der Waals surface area (Å²) in [5.41, 5.74) is 2.01. The van der Waals surface area contributed by atoms with E-state index in [9.17, 15) is 14.7 Å². The van der Waals surface area contributed by atoms with Crippen molar-refractivity contribution in [3.63, 3.8) is 0 Å². The van der Waals surface area contributed by atoms with Crippen LogP contribution in [0.3, 0.4) is 0 Å². The van der Waals surface area contributed by atoms with Crippen LogP contribution in [-0.4, -0.2) is 17.0 Å². The minimum Gasteiger partial charge on any atom is -0.507 e. The number of esters is 2. The predicted octanol–water partition coefficient (Wildman–Crippen LogP) is 4.45. The molecule has 0 aliphatic carbocycles. The summed E-state index contributed by atoms with van der Waals surface area (Å²) in [4.78, 5) is 24.9. The Morgan fingerprint density at radius 1 is 0.741 bits per heavy atom. The Labute approximate surface area is 156 Å². The maximum absolute atomic E-state index is 12.6. The number of rotatable bonds is 4. The highest BCUT2D eigenvalue weighted by molar-refractivity contribution is 5.98. The van der Waals surface area contributed by atoms with Crippen LogP contribution in [0.15, 0.2) is 66.7 Å². The first-order valence-electron chi connectivity index (χ1n) is 8.34. The lowest BCUT2D eigenvalue weighted by Crippen LogP contribution is -2.15. The van der Waals surface area contributed by atoms with Crippen molar-refractivity contribution in [1.82, 2.24) is 0 Å². The molecule has 0 atom stereocenters. The van der Waals surface area contributed by atoms with E-state index in [2.05, 4.69) is 0 Å². The molecule has 3 aromatic carbocycles. The Morgan fingerprint density at radius 3 is 2.04 bits per heavy atom. The molecule has 0 bridgehead atoms. The molecule has 136 valence electrons. The molecule has 0 radical (unpaired) electrons. The van der Waals surface area contributed by atoms with Crippen molar-refractivity contribution in [3.05, 3.63) is 89.0 Å². The summed E-state index contributed by atoms with van der Waals surface area (Å²) < 4.78 is 10.8. The van der Waals surface area contributed by atoms with Gasteiger partial charge in [0.15, 0.2) is 0 Å². The number of phenols is 1. The van der Waals surface area contributed by atoms with E-state index < -0.39 is 11.9 Å². The zero-order valence-corrected chi connectivity index (χ0v) is 14.9. The van der Waals surface area contributed by atoms with Gasteiger partial charge in [-0.05, 0) is 49.7 Å². The van der Waals surface area contributed by atoms with Gasteiger partial charge in [-0.15, -0.1) is 0 Å². The molecular weight excluding hydrogens is 344 g/mol. The van der Waals surface area contributed by atoms with E-state index in [0.717, 1.165) is 11.1 Å². The number of carbonyl (C=O) groups is 2. The number of hydrogen-bond donors (Lipinski definition) is 1. The van der Waals surface area contributed by atoms with Crippen molar-refractivity contribution in [2.45, 2.75) is 13.8 Å². The van der Waals surface area contributed by atoms with Crippen molar-refractivity contribution in [3.8, 4) is 17.2 Å². The Bertz CT molecular complexity index is 1010. The van der Waals surface area contributed by atoms with Crippen molar-refractivity contribution in [1.29, 1.82) is 0 Å². The van der Waals surface area contributed by atoms with Crippen LogP contribution in [0, 0.1) is 13.8 Å². The van der Waals surface area contributed by atoms with E-state index in [1.54, 1.807) is 30.3 Å². The van der Waals surface area contributed by atoms with E-state index in [0.29, 0.717) is 5.75 Å². The zero-order valence-electron chi connectivity index (χ0n) is 14.9. The fourth-order valence-electron chi connectivity index (χ4n) is 2.59. The van der Waals surface area contributed by atoms with Gasteiger partial charge in [0.1, 0.15) is 28.4 Å². The van der Waals surface area contributed by atoms with Crippen LogP contribution in [-0.2, 0) is 0 Å². The van der Waals surface area contributed by atoms with Crippen LogP contribution in [0.1, 0.15) is 31.8 Å². The van der Waals surface area contributed by atoms with E-state index >= 15 is 0 Å². The second-order valence-electron chi connectivity index (χ2n) is 6.06. The van der Waals surface area contributed by atoms with Crippen LogP contribution < -0.4 is 9.47 Å². The first-order valence-corrected chi connectivity index (χ1v) is 8.34. The standard InChI is InChI=1S/C22H18O5/c1-14-11-12-19(15(2)13-14)26-22(25)17-8-4-6-10-20(17)27-21(24)16-7-3-5-9-18(16)23/h3-13,23H,1-2H3. The molecule has 0 saturated heterocycles. The van der Waals surface area contributed by atoms with Gasteiger partial charge >= 0.3 is 11.9 Å². The van der Waals surface area contributed by atoms with Gasteiger partial charge in [0.25, 0.3) is 0 Å². The second-order valence-corrected chi connectivity index (χ2v) is 6.06. The minimum atomic E-state index is -0.764. The molecule has 0 spiro atoms. The lowest BCUT2D eigenvalue weighted by atomic mass is 10.1. The fourth-order valence-corrected chi connectivity index (χ4v) is 2.59. The first kappa shape index (κ1) is 18.2. The molecule has 0 heterocycles. The molecule has 0 saturated carbocycles. The monoisotopic (exact) mass is 362 g/mol. The Morgan fingerprint density at radius 2 is 1.33 bits per heavy atom. The molecule has 0 aliphatic rings. The third-order valence-corrected chi connectivity index (χ3v) is 3.97. The summed E-state index contributed by atoms with van der Waals surface area (Å²) in [5, 5.41) is 9.79. The van der Waals surface area contributed by atoms with E-state index in [-0.39, 0.29) is 22.6 Å². The number of ether oxygens (including phenoxy) is 2. The van der Waals surface area contributed by atoms with Crippen molar-refractivity contribution < 1.29 is 24.2 Å². The smallest absolute Gasteiger partial charge is 0.347 e. The molecule has 27 heavy (non-hydrogen) atoms. The number of benzene rings is 3. The van der Waals surface area contributed by atoms with Crippen molar-refractivity contribution in [2.75, 3.05) is 0 Å². The topological polar surface area (TPSA) is 72.8 Å². The highest BCUT2D eigenvalue weighted by atomic mass is 16.6. The molecule has 3 rings (SSSR count). The Balaban J connectivity index is 1.84. The number of aryl methyl sites for hydroxylation is 2. The first-order chi connectivity index (χ1) is 13.0. The normalized spacial score (nSPS) is 10.3. The molecule has 0 aliphatic heterocycles. The molecule has 3 aromatic rings. The van der Waals surface area contributed by atoms with Gasteiger partial charge in [-0.2, -0.15) is 0 Å². The molecule has 1 N–H and O–H groups in total. The summed E-state index contributed by atoms with van der Waals surface area (Å²) >= 11 is 0. The van der Waals surface area contributed by atoms with Crippen LogP contribution in [0.2, 0.25) is 0 Å². The summed E-state index contributed by atoms with van der Waals surface area (Å²) in [5.74, 6) is -1.10. The maximum atomic E-state index is 12.6. The van der Waals surface area contributed by atoms with Gasteiger partial charge in [-0.1, -0.05) is 42.0 Å². The van der Waals surface area contributed by atoms with E-state index in [4.69, 9.17) is 9.47 Å².